The molecule has 4 nitrogen and oxygen atoms in total. The van der Waals surface area contributed by atoms with Gasteiger partial charge in [-0.25, -0.2) is 8.78 Å². The molecule has 3 aromatic carbocycles. The topological polar surface area (TPSA) is 49.0 Å². The Kier molecular flexibility index (Phi) is 4.35. The summed E-state index contributed by atoms with van der Waals surface area (Å²) in [5.41, 5.74) is 4.51. The number of carbonyl (C=O) groups is 1. The number of rotatable bonds is 3. The first-order valence-electron chi connectivity index (χ1n) is 9.80. The van der Waals surface area contributed by atoms with Gasteiger partial charge in [-0.1, -0.05) is 48.5 Å². The van der Waals surface area contributed by atoms with Gasteiger partial charge in [-0.2, -0.15) is 5.10 Å². The minimum absolute atomic E-state index is 0.0843. The lowest BCUT2D eigenvalue weighted by Crippen LogP contribution is -2.31. The smallest absolute Gasteiger partial charge is 0.267 e. The number of amides is 1. The maximum Gasteiger partial charge on any atom is 0.267 e. The summed E-state index contributed by atoms with van der Waals surface area (Å²) >= 11 is 0. The molecule has 30 heavy (non-hydrogen) atoms. The van der Waals surface area contributed by atoms with Crippen LogP contribution >= 0.6 is 0 Å². The van der Waals surface area contributed by atoms with Crippen molar-refractivity contribution in [2.45, 2.75) is 12.3 Å². The van der Waals surface area contributed by atoms with Crippen LogP contribution in [-0.4, -0.2) is 40.0 Å². The van der Waals surface area contributed by atoms with Crippen molar-refractivity contribution in [2.75, 3.05) is 13.1 Å². The molecule has 0 bridgehead atoms. The summed E-state index contributed by atoms with van der Waals surface area (Å²) < 4.78 is 27.1. The molecular weight excluding hydrogens is 384 g/mol. The average Bonchev–Trinajstić information content (AvgIpc) is 3.42. The third kappa shape index (κ3) is 3.34. The molecule has 1 N–H and O–H groups in total. The van der Waals surface area contributed by atoms with Crippen molar-refractivity contribution in [3.63, 3.8) is 0 Å². The molecule has 0 saturated carbocycles. The number of alkyl halides is 2. The zero-order valence-electron chi connectivity index (χ0n) is 16.1. The van der Waals surface area contributed by atoms with Gasteiger partial charge >= 0.3 is 0 Å². The molecule has 0 aliphatic carbocycles. The van der Waals surface area contributed by atoms with E-state index in [-0.39, 0.29) is 18.9 Å². The Labute approximate surface area is 172 Å². The minimum atomic E-state index is -2.80. The fraction of sp³-hybridized carbons (Fsp3) is 0.167. The summed E-state index contributed by atoms with van der Waals surface area (Å²) in [7, 11) is 0. The zero-order valence-corrected chi connectivity index (χ0v) is 16.1. The summed E-state index contributed by atoms with van der Waals surface area (Å²) in [4.78, 5) is 14.0. The van der Waals surface area contributed by atoms with Crippen molar-refractivity contribution in [1.82, 2.24) is 15.1 Å². The first-order chi connectivity index (χ1) is 14.5. The van der Waals surface area contributed by atoms with E-state index in [0.717, 1.165) is 33.0 Å². The van der Waals surface area contributed by atoms with Gasteiger partial charge in [-0.15, -0.1) is 0 Å². The van der Waals surface area contributed by atoms with Gasteiger partial charge in [0, 0.05) is 30.3 Å². The number of aromatic nitrogens is 2. The molecule has 150 valence electrons. The molecule has 5 rings (SSSR count). The molecular formula is C24H19F2N3O. The number of aromatic amines is 1. The fourth-order valence-electron chi connectivity index (χ4n) is 4.00. The maximum absolute atomic E-state index is 13.5. The van der Waals surface area contributed by atoms with Gasteiger partial charge in [0.2, 0.25) is 0 Å². The standard InChI is InChI=1S/C24H19F2N3O/c25-24(26)10-11-29(15-24)23(30)19-9-8-17-2-1-3-21(22(17)12-19)18-6-4-16(5-7-18)20-13-27-28-14-20/h1-9,12-14H,10-11,15H2,(H,27,28). The first-order valence-corrected chi connectivity index (χ1v) is 9.80. The van der Waals surface area contributed by atoms with Crippen LogP contribution in [-0.2, 0) is 0 Å². The predicted octanol–water partition coefficient (Wildman–Crippen LogP) is 5.38. The van der Waals surface area contributed by atoms with Crippen molar-refractivity contribution in [2.24, 2.45) is 0 Å². The summed E-state index contributed by atoms with van der Waals surface area (Å²) in [6.07, 6.45) is 3.33. The molecule has 2 heterocycles. The second kappa shape index (κ2) is 7.06. The van der Waals surface area contributed by atoms with Crippen LogP contribution in [0, 0.1) is 0 Å². The van der Waals surface area contributed by atoms with E-state index < -0.39 is 12.5 Å². The van der Waals surface area contributed by atoms with Crippen LogP contribution in [0.2, 0.25) is 0 Å². The van der Waals surface area contributed by atoms with Crippen LogP contribution < -0.4 is 0 Å². The van der Waals surface area contributed by atoms with E-state index in [1.54, 1.807) is 12.3 Å². The largest absolute Gasteiger partial charge is 0.332 e. The summed E-state index contributed by atoms with van der Waals surface area (Å²) in [5, 5.41) is 8.71. The molecule has 1 fully saturated rings. The molecule has 0 atom stereocenters. The number of hydrogen-bond donors (Lipinski definition) is 1. The second-order valence-electron chi connectivity index (χ2n) is 7.64. The quantitative estimate of drug-likeness (QED) is 0.499. The van der Waals surface area contributed by atoms with Crippen molar-refractivity contribution < 1.29 is 13.6 Å². The van der Waals surface area contributed by atoms with E-state index in [2.05, 4.69) is 10.2 Å². The molecule has 1 saturated heterocycles. The van der Waals surface area contributed by atoms with E-state index in [1.165, 1.54) is 4.90 Å². The number of halogens is 2. The molecule has 1 amide bonds. The van der Waals surface area contributed by atoms with Crippen molar-refractivity contribution in [1.29, 1.82) is 0 Å². The van der Waals surface area contributed by atoms with Gasteiger partial charge in [-0.05, 0) is 39.6 Å². The number of hydrogen-bond acceptors (Lipinski definition) is 2. The summed E-state index contributed by atoms with van der Waals surface area (Å²) in [5.74, 6) is -3.15. The Morgan fingerprint density at radius 1 is 1.00 bits per heavy atom. The molecule has 0 unspecified atom stereocenters. The van der Waals surface area contributed by atoms with Crippen molar-refractivity contribution in [3.05, 3.63) is 78.6 Å². The molecule has 1 aromatic heterocycles. The molecule has 6 heteroatoms. The van der Waals surface area contributed by atoms with Crippen molar-refractivity contribution >= 4 is 16.7 Å². The molecule has 4 aromatic rings. The van der Waals surface area contributed by atoms with Crippen molar-refractivity contribution in [3.8, 4) is 22.3 Å². The van der Waals surface area contributed by atoms with Gasteiger partial charge in [0.15, 0.2) is 0 Å². The highest BCUT2D eigenvalue weighted by molar-refractivity contribution is 6.03. The maximum atomic E-state index is 13.5. The van der Waals surface area contributed by atoms with Crippen LogP contribution in [0.1, 0.15) is 16.8 Å². The lowest BCUT2D eigenvalue weighted by atomic mass is 9.95. The highest BCUT2D eigenvalue weighted by Gasteiger charge is 2.40. The van der Waals surface area contributed by atoms with Gasteiger partial charge in [0.05, 0.1) is 12.7 Å². The SMILES string of the molecule is O=C(c1ccc2cccc(-c3ccc(-c4cn[nH]c4)cc3)c2c1)N1CCC(F)(F)C1. The highest BCUT2D eigenvalue weighted by Crippen LogP contribution is 2.32. The van der Waals surface area contributed by atoms with E-state index >= 15 is 0 Å². The Morgan fingerprint density at radius 3 is 2.50 bits per heavy atom. The normalized spacial score (nSPS) is 15.6. The minimum Gasteiger partial charge on any atom is -0.332 e. The van der Waals surface area contributed by atoms with Gasteiger partial charge in [-0.3, -0.25) is 9.89 Å². The van der Waals surface area contributed by atoms with E-state index in [0.29, 0.717) is 5.56 Å². The van der Waals surface area contributed by atoms with Crippen LogP contribution in [0.3, 0.4) is 0 Å². The van der Waals surface area contributed by atoms with Crippen LogP contribution in [0.25, 0.3) is 33.0 Å². The third-order valence-electron chi connectivity index (χ3n) is 5.61. The molecule has 1 aliphatic heterocycles. The number of nitrogens with one attached hydrogen (secondary N) is 1. The molecule has 0 spiro atoms. The number of benzene rings is 3. The van der Waals surface area contributed by atoms with Gasteiger partial charge < -0.3 is 4.90 Å². The van der Waals surface area contributed by atoms with E-state index in [1.807, 2.05) is 60.8 Å². The summed E-state index contributed by atoms with van der Waals surface area (Å²) in [6.45, 7) is -0.429. The number of likely N-dealkylation sites (tertiary alicyclic amines) is 1. The summed E-state index contributed by atoms with van der Waals surface area (Å²) in [6, 6.07) is 19.5. The monoisotopic (exact) mass is 403 g/mol. The fourth-order valence-corrected chi connectivity index (χ4v) is 4.00. The Morgan fingerprint density at radius 2 is 1.80 bits per heavy atom. The number of H-pyrrole nitrogens is 1. The molecule has 0 radical (unpaired) electrons. The lowest BCUT2D eigenvalue weighted by Gasteiger charge is -2.17. The average molecular weight is 403 g/mol. The lowest BCUT2D eigenvalue weighted by molar-refractivity contribution is 0.0120. The number of carbonyl (C=O) groups excluding carboxylic acids is 1. The Balaban J connectivity index is 1.51. The van der Waals surface area contributed by atoms with E-state index in [9.17, 15) is 13.6 Å². The number of fused-ring (bicyclic) bond motifs is 1. The van der Waals surface area contributed by atoms with Crippen LogP contribution in [0.5, 0.6) is 0 Å². The molecule has 1 aliphatic rings. The zero-order chi connectivity index (χ0) is 20.7. The Hall–Kier alpha value is -3.54. The van der Waals surface area contributed by atoms with E-state index in [4.69, 9.17) is 0 Å². The Bertz CT molecular complexity index is 1220. The second-order valence-corrected chi connectivity index (χ2v) is 7.64. The van der Waals surface area contributed by atoms with Crippen LogP contribution in [0.15, 0.2) is 73.1 Å². The predicted molar refractivity (Wildman–Crippen MR) is 112 cm³/mol. The van der Waals surface area contributed by atoms with Crippen LogP contribution in [0.4, 0.5) is 8.78 Å². The third-order valence-corrected chi connectivity index (χ3v) is 5.61. The number of nitrogens with zero attached hydrogens (tertiary/aromatic N) is 2. The van der Waals surface area contributed by atoms with Gasteiger partial charge in [0.25, 0.3) is 11.8 Å². The van der Waals surface area contributed by atoms with Gasteiger partial charge in [0.1, 0.15) is 0 Å². The first kappa shape index (κ1) is 18.5. The highest BCUT2D eigenvalue weighted by atomic mass is 19.3.